The molecule has 3 aromatic heterocycles. The minimum atomic E-state index is -4.69. The summed E-state index contributed by atoms with van der Waals surface area (Å²) in [5.74, 6) is -0.902. The van der Waals surface area contributed by atoms with E-state index in [2.05, 4.69) is 15.1 Å². The smallest absolute Gasteiger partial charge is 0.433 e. The van der Waals surface area contributed by atoms with Gasteiger partial charge in [0.1, 0.15) is 5.69 Å². The number of carbonyl (C=O) groups excluding carboxylic acids is 1. The first-order valence-corrected chi connectivity index (χ1v) is 8.11. The van der Waals surface area contributed by atoms with Gasteiger partial charge in [-0.25, -0.2) is 4.98 Å². The van der Waals surface area contributed by atoms with Gasteiger partial charge in [0.2, 0.25) is 5.82 Å². The number of piperidine rings is 1. The molecule has 0 atom stereocenters. The number of halogens is 3. The van der Waals surface area contributed by atoms with E-state index >= 15 is 0 Å². The molecule has 1 aliphatic rings. The number of hydrogen-bond donors (Lipinski definition) is 0. The van der Waals surface area contributed by atoms with Crippen LogP contribution in [0.5, 0.6) is 0 Å². The summed E-state index contributed by atoms with van der Waals surface area (Å²) in [6.45, 7) is 1.09. The van der Waals surface area contributed by atoms with Crippen LogP contribution >= 0.6 is 0 Å². The number of nitrogens with zero attached hydrogens (tertiary/aromatic N) is 5. The number of fused-ring (bicyclic) bond motifs is 1. The van der Waals surface area contributed by atoms with Gasteiger partial charge < -0.3 is 9.32 Å². The van der Waals surface area contributed by atoms with Crippen LogP contribution < -0.4 is 0 Å². The van der Waals surface area contributed by atoms with Crippen LogP contribution in [-0.2, 0) is 6.18 Å². The van der Waals surface area contributed by atoms with E-state index in [1.54, 1.807) is 11.0 Å². The van der Waals surface area contributed by atoms with Crippen molar-refractivity contribution in [3.05, 3.63) is 36.0 Å². The fourth-order valence-corrected chi connectivity index (χ4v) is 2.95. The maximum Gasteiger partial charge on any atom is 0.433 e. The zero-order valence-electron chi connectivity index (χ0n) is 13.5. The molecule has 10 heteroatoms. The zero-order valence-corrected chi connectivity index (χ0v) is 13.5. The van der Waals surface area contributed by atoms with E-state index in [1.165, 1.54) is 12.3 Å². The van der Waals surface area contributed by atoms with E-state index in [0.717, 1.165) is 25.3 Å². The minimum Gasteiger partial charge on any atom is -0.463 e. The second-order valence-electron chi connectivity index (χ2n) is 6.00. The highest BCUT2D eigenvalue weighted by atomic mass is 19.4. The molecule has 1 amide bonds. The topological polar surface area (TPSA) is 76.5 Å². The van der Waals surface area contributed by atoms with Gasteiger partial charge in [0, 0.05) is 13.1 Å². The van der Waals surface area contributed by atoms with Gasteiger partial charge in [-0.05, 0) is 37.5 Å². The Labute approximate surface area is 145 Å². The standard InChI is InChI=1S/C16H14F3N5O2/c17-16(18,19)12-9-10(11-5-4-8-26-11)20-15-21-13(22-24(12)15)14(25)23-6-2-1-3-7-23/h4-5,8-9H,1-3,6-7H2. The third kappa shape index (κ3) is 2.91. The van der Waals surface area contributed by atoms with Crippen molar-refractivity contribution in [2.45, 2.75) is 25.4 Å². The highest BCUT2D eigenvalue weighted by Crippen LogP contribution is 2.32. The number of likely N-dealkylation sites (tertiary alicyclic amines) is 1. The first kappa shape index (κ1) is 16.6. The predicted octanol–water partition coefficient (Wildman–Crippen LogP) is 3.03. The van der Waals surface area contributed by atoms with Crippen molar-refractivity contribution in [2.75, 3.05) is 13.1 Å². The molecule has 136 valence electrons. The molecule has 0 bridgehead atoms. The van der Waals surface area contributed by atoms with Crippen LogP contribution in [0.1, 0.15) is 35.6 Å². The van der Waals surface area contributed by atoms with Crippen LogP contribution in [0.15, 0.2) is 28.9 Å². The van der Waals surface area contributed by atoms with Crippen molar-refractivity contribution in [2.24, 2.45) is 0 Å². The first-order valence-electron chi connectivity index (χ1n) is 8.11. The molecular weight excluding hydrogens is 351 g/mol. The number of aromatic nitrogens is 4. The van der Waals surface area contributed by atoms with Crippen molar-refractivity contribution >= 4 is 11.7 Å². The minimum absolute atomic E-state index is 0.0285. The Morgan fingerprint density at radius 2 is 1.92 bits per heavy atom. The molecule has 4 rings (SSSR count). The third-order valence-corrected chi connectivity index (χ3v) is 4.21. The first-order chi connectivity index (χ1) is 12.4. The van der Waals surface area contributed by atoms with E-state index in [9.17, 15) is 18.0 Å². The Kier molecular flexibility index (Phi) is 3.89. The van der Waals surface area contributed by atoms with Crippen molar-refractivity contribution in [3.63, 3.8) is 0 Å². The van der Waals surface area contributed by atoms with Crippen molar-refractivity contribution < 1.29 is 22.4 Å². The van der Waals surface area contributed by atoms with Gasteiger partial charge in [0.05, 0.1) is 6.26 Å². The van der Waals surface area contributed by atoms with Gasteiger partial charge in [0.15, 0.2) is 11.5 Å². The zero-order chi connectivity index (χ0) is 18.3. The summed E-state index contributed by atoms with van der Waals surface area (Å²) >= 11 is 0. The summed E-state index contributed by atoms with van der Waals surface area (Å²) in [4.78, 5) is 22.1. The van der Waals surface area contributed by atoms with Crippen molar-refractivity contribution in [3.8, 4) is 11.5 Å². The van der Waals surface area contributed by atoms with Crippen LogP contribution in [-0.4, -0.2) is 43.5 Å². The van der Waals surface area contributed by atoms with Crippen molar-refractivity contribution in [1.82, 2.24) is 24.5 Å². The highest BCUT2D eigenvalue weighted by Gasteiger charge is 2.36. The van der Waals surface area contributed by atoms with Crippen LogP contribution in [0, 0.1) is 0 Å². The molecular formula is C16H14F3N5O2. The second kappa shape index (κ2) is 6.11. The molecule has 26 heavy (non-hydrogen) atoms. The molecule has 1 saturated heterocycles. The molecule has 0 unspecified atom stereocenters. The maximum atomic E-state index is 13.5. The van der Waals surface area contributed by atoms with E-state index in [4.69, 9.17) is 4.42 Å². The average molecular weight is 365 g/mol. The lowest BCUT2D eigenvalue weighted by atomic mass is 10.1. The van der Waals surface area contributed by atoms with Crippen LogP contribution in [0.4, 0.5) is 13.2 Å². The second-order valence-corrected chi connectivity index (χ2v) is 6.00. The number of alkyl halides is 3. The van der Waals surface area contributed by atoms with Gasteiger partial charge >= 0.3 is 6.18 Å². The average Bonchev–Trinajstić information content (AvgIpc) is 3.29. The van der Waals surface area contributed by atoms with E-state index in [-0.39, 0.29) is 23.1 Å². The van der Waals surface area contributed by atoms with Crippen LogP contribution in [0.3, 0.4) is 0 Å². The summed E-state index contributed by atoms with van der Waals surface area (Å²) in [6.07, 6.45) is -0.623. The Balaban J connectivity index is 1.82. The summed E-state index contributed by atoms with van der Waals surface area (Å²) < 4.78 is 46.1. The molecule has 7 nitrogen and oxygen atoms in total. The van der Waals surface area contributed by atoms with Crippen LogP contribution in [0.25, 0.3) is 17.2 Å². The quantitative estimate of drug-likeness (QED) is 0.698. The highest BCUT2D eigenvalue weighted by molar-refractivity contribution is 5.91. The summed E-state index contributed by atoms with van der Waals surface area (Å²) in [6, 6.07) is 3.87. The van der Waals surface area contributed by atoms with Gasteiger partial charge in [-0.2, -0.15) is 22.7 Å². The van der Waals surface area contributed by atoms with E-state index in [1.807, 2.05) is 0 Å². The van der Waals surface area contributed by atoms with E-state index in [0.29, 0.717) is 17.6 Å². The summed E-state index contributed by atoms with van der Waals surface area (Å²) in [5, 5.41) is 3.78. The third-order valence-electron chi connectivity index (χ3n) is 4.21. The molecule has 0 spiro atoms. The fraction of sp³-hybridized carbons (Fsp3) is 0.375. The van der Waals surface area contributed by atoms with Gasteiger partial charge in [-0.3, -0.25) is 4.79 Å². The maximum absolute atomic E-state index is 13.5. The van der Waals surface area contributed by atoms with Crippen LogP contribution in [0.2, 0.25) is 0 Å². The summed E-state index contributed by atoms with van der Waals surface area (Å²) in [5.41, 5.74) is -1.10. The SMILES string of the molecule is O=C(c1nc2nc(-c3ccco3)cc(C(F)(F)F)n2n1)N1CCCCC1. The summed E-state index contributed by atoms with van der Waals surface area (Å²) in [7, 11) is 0. The number of furan rings is 1. The van der Waals surface area contributed by atoms with Gasteiger partial charge in [0.25, 0.3) is 11.7 Å². The molecule has 0 N–H and O–H groups in total. The largest absolute Gasteiger partial charge is 0.463 e. The lowest BCUT2D eigenvalue weighted by molar-refractivity contribution is -0.142. The number of rotatable bonds is 2. The normalized spacial score (nSPS) is 15.6. The fourth-order valence-electron chi connectivity index (χ4n) is 2.95. The lowest BCUT2D eigenvalue weighted by Gasteiger charge is -2.25. The van der Waals surface area contributed by atoms with E-state index < -0.39 is 17.8 Å². The Morgan fingerprint density at radius 1 is 1.15 bits per heavy atom. The molecule has 0 radical (unpaired) electrons. The molecule has 0 aliphatic carbocycles. The molecule has 3 aromatic rings. The number of hydrogen-bond acceptors (Lipinski definition) is 5. The van der Waals surface area contributed by atoms with Gasteiger partial charge in [-0.15, -0.1) is 5.10 Å². The Morgan fingerprint density at radius 3 is 2.58 bits per heavy atom. The number of carbonyl (C=O) groups is 1. The molecule has 0 saturated carbocycles. The monoisotopic (exact) mass is 365 g/mol. The Hall–Kier alpha value is -2.91. The number of amides is 1. The molecule has 0 aromatic carbocycles. The molecule has 1 aliphatic heterocycles. The molecule has 1 fully saturated rings. The Bertz CT molecular complexity index is 943. The van der Waals surface area contributed by atoms with Crippen molar-refractivity contribution in [1.29, 1.82) is 0 Å². The predicted molar refractivity (Wildman–Crippen MR) is 83.2 cm³/mol. The van der Waals surface area contributed by atoms with Gasteiger partial charge in [-0.1, -0.05) is 0 Å². The molecule has 4 heterocycles. The lowest BCUT2D eigenvalue weighted by Crippen LogP contribution is -2.36.